The largest absolute Gasteiger partial charge is 0.501 e. The zero-order chi connectivity index (χ0) is 17.6. The van der Waals surface area contributed by atoms with E-state index in [-0.39, 0.29) is 24.2 Å². The summed E-state index contributed by atoms with van der Waals surface area (Å²) < 4.78 is 57.1. The second kappa shape index (κ2) is 8.82. The lowest BCUT2D eigenvalue weighted by Gasteiger charge is -2.31. The lowest BCUT2D eigenvalue weighted by atomic mass is 10.1. The summed E-state index contributed by atoms with van der Waals surface area (Å²) in [4.78, 5) is 0. The Bertz CT molecular complexity index is 500. The van der Waals surface area contributed by atoms with Gasteiger partial charge in [0.2, 0.25) is 0 Å². The number of halogens is 3. The van der Waals surface area contributed by atoms with Crippen LogP contribution in [-0.4, -0.2) is 28.1 Å². The molecular weight excluding hydrogens is 325 g/mol. The average molecular weight is 350 g/mol. The topological polar surface area (TPSA) is 27.7 Å². The van der Waals surface area contributed by atoms with Gasteiger partial charge in [0.15, 0.2) is 11.6 Å². The third-order valence-electron chi connectivity index (χ3n) is 3.16. The van der Waals surface area contributed by atoms with Crippen LogP contribution in [0.15, 0.2) is 12.1 Å². The molecular formula is C16H25F3O3Si. The molecule has 0 aliphatic carbocycles. The minimum absolute atomic E-state index is 0.0691. The third kappa shape index (κ3) is 6.25. The van der Waals surface area contributed by atoms with Gasteiger partial charge in [0.1, 0.15) is 5.82 Å². The summed E-state index contributed by atoms with van der Waals surface area (Å²) in [6.45, 7) is 7.55. The van der Waals surface area contributed by atoms with E-state index < -0.39 is 26.3 Å². The first-order valence-electron chi connectivity index (χ1n) is 7.73. The van der Waals surface area contributed by atoms with Crippen molar-refractivity contribution in [1.82, 2.24) is 0 Å². The fraction of sp³-hybridized carbons (Fsp3) is 0.625. The molecule has 0 N–H and O–H groups in total. The summed E-state index contributed by atoms with van der Waals surface area (Å²) in [5.41, 5.74) is 0.136. The van der Waals surface area contributed by atoms with E-state index in [1.54, 1.807) is 0 Å². The molecule has 1 aromatic rings. The van der Waals surface area contributed by atoms with Crippen molar-refractivity contribution < 1.29 is 26.4 Å². The van der Waals surface area contributed by atoms with E-state index in [9.17, 15) is 13.2 Å². The van der Waals surface area contributed by atoms with Gasteiger partial charge in [-0.2, -0.15) is 0 Å². The molecule has 0 aliphatic heterocycles. The van der Waals surface area contributed by atoms with E-state index in [0.717, 1.165) is 6.07 Å². The van der Waals surface area contributed by atoms with E-state index in [0.29, 0.717) is 18.5 Å². The Balaban J connectivity index is 2.76. The van der Waals surface area contributed by atoms with Crippen LogP contribution in [0.5, 0.6) is 0 Å². The highest BCUT2D eigenvalue weighted by Gasteiger charge is 2.41. The molecule has 132 valence electrons. The predicted molar refractivity (Wildman–Crippen MR) is 84.6 cm³/mol. The third-order valence-corrected chi connectivity index (χ3v) is 6.41. The molecule has 3 nitrogen and oxygen atoms in total. The maximum atomic E-state index is 13.7. The Morgan fingerprint density at radius 1 is 0.913 bits per heavy atom. The van der Waals surface area contributed by atoms with E-state index in [4.69, 9.17) is 13.3 Å². The Kier molecular flexibility index (Phi) is 7.73. The monoisotopic (exact) mass is 350 g/mol. The van der Waals surface area contributed by atoms with Crippen LogP contribution in [0.3, 0.4) is 0 Å². The minimum Gasteiger partial charge on any atom is -0.377 e. The van der Waals surface area contributed by atoms with Gasteiger partial charge in [0.05, 0.1) is 0 Å². The Morgan fingerprint density at radius 3 is 1.91 bits per heavy atom. The number of hydrogen-bond donors (Lipinski definition) is 0. The van der Waals surface area contributed by atoms with E-state index in [1.807, 2.05) is 27.7 Å². The minimum atomic E-state index is -2.88. The lowest BCUT2D eigenvalue weighted by Crippen LogP contribution is -2.48. The number of aryl methyl sites for hydroxylation is 1. The van der Waals surface area contributed by atoms with Crippen molar-refractivity contribution in [2.75, 3.05) is 7.11 Å². The molecule has 0 spiro atoms. The zero-order valence-corrected chi connectivity index (χ0v) is 15.3. The van der Waals surface area contributed by atoms with Crippen molar-refractivity contribution in [3.8, 4) is 0 Å². The van der Waals surface area contributed by atoms with E-state index in [2.05, 4.69) is 0 Å². The maximum Gasteiger partial charge on any atom is 0.501 e. The van der Waals surface area contributed by atoms with Gasteiger partial charge in [-0.25, -0.2) is 13.2 Å². The van der Waals surface area contributed by atoms with Crippen LogP contribution >= 0.6 is 0 Å². The number of benzene rings is 1. The Labute approximate surface area is 137 Å². The van der Waals surface area contributed by atoms with E-state index >= 15 is 0 Å². The fourth-order valence-electron chi connectivity index (χ4n) is 2.31. The standard InChI is InChI=1S/C16H25F3O3Si/c1-11(2)21-23(20-5,22-12(3)4)8-6-7-13-9-15(18)16(19)10-14(13)17/h9-12H,6-8H2,1-5H3. The van der Waals surface area contributed by atoms with Gasteiger partial charge >= 0.3 is 8.80 Å². The molecule has 0 aromatic heterocycles. The number of rotatable bonds is 9. The van der Waals surface area contributed by atoms with Crippen molar-refractivity contribution in [1.29, 1.82) is 0 Å². The van der Waals surface area contributed by atoms with Crippen molar-refractivity contribution in [3.63, 3.8) is 0 Å². The lowest BCUT2D eigenvalue weighted by molar-refractivity contribution is 0.0324. The molecule has 0 bridgehead atoms. The van der Waals surface area contributed by atoms with Gasteiger partial charge in [0.25, 0.3) is 0 Å². The van der Waals surface area contributed by atoms with Crippen molar-refractivity contribution in [2.24, 2.45) is 0 Å². The van der Waals surface area contributed by atoms with Gasteiger partial charge in [-0.15, -0.1) is 0 Å². The van der Waals surface area contributed by atoms with Crippen LogP contribution < -0.4 is 0 Å². The molecule has 23 heavy (non-hydrogen) atoms. The van der Waals surface area contributed by atoms with Crippen LogP contribution in [0, 0.1) is 17.5 Å². The molecule has 0 atom stereocenters. The summed E-state index contributed by atoms with van der Waals surface area (Å²) in [6, 6.07) is 1.94. The van der Waals surface area contributed by atoms with Gasteiger partial charge in [-0.05, 0) is 52.2 Å². The normalized spacial score (nSPS) is 12.4. The first kappa shape index (κ1) is 20.2. The Hall–Kier alpha value is -0.893. The van der Waals surface area contributed by atoms with Crippen molar-refractivity contribution in [3.05, 3.63) is 35.1 Å². The smallest absolute Gasteiger partial charge is 0.377 e. The molecule has 1 aromatic carbocycles. The first-order valence-corrected chi connectivity index (χ1v) is 9.66. The molecule has 0 saturated heterocycles. The quantitative estimate of drug-likeness (QED) is 0.486. The molecule has 0 amide bonds. The second-order valence-corrected chi connectivity index (χ2v) is 8.68. The van der Waals surface area contributed by atoms with Gasteiger partial charge in [-0.3, -0.25) is 0 Å². The first-order chi connectivity index (χ1) is 10.7. The van der Waals surface area contributed by atoms with Crippen LogP contribution in [-0.2, 0) is 19.7 Å². The van der Waals surface area contributed by atoms with E-state index in [1.165, 1.54) is 7.11 Å². The van der Waals surface area contributed by atoms with Crippen molar-refractivity contribution >= 4 is 8.80 Å². The SMILES string of the molecule is CO[Si](CCCc1cc(F)c(F)cc1F)(OC(C)C)OC(C)C. The van der Waals surface area contributed by atoms with Gasteiger partial charge in [-0.1, -0.05) is 0 Å². The van der Waals surface area contributed by atoms with Crippen molar-refractivity contribution in [2.45, 2.75) is 58.8 Å². The summed E-state index contributed by atoms with van der Waals surface area (Å²) in [7, 11) is -1.34. The summed E-state index contributed by atoms with van der Waals surface area (Å²) in [5, 5.41) is 0. The van der Waals surface area contributed by atoms with Gasteiger partial charge < -0.3 is 13.3 Å². The second-order valence-electron chi connectivity index (χ2n) is 5.93. The summed E-state index contributed by atoms with van der Waals surface area (Å²) >= 11 is 0. The van der Waals surface area contributed by atoms with Crippen LogP contribution in [0.25, 0.3) is 0 Å². The summed E-state index contributed by atoms with van der Waals surface area (Å²) in [6.07, 6.45) is 0.603. The molecule has 0 saturated carbocycles. The number of hydrogen-bond acceptors (Lipinski definition) is 3. The highest BCUT2D eigenvalue weighted by atomic mass is 28.4. The molecule has 0 unspecified atom stereocenters. The molecule has 0 radical (unpaired) electrons. The zero-order valence-electron chi connectivity index (χ0n) is 14.3. The van der Waals surface area contributed by atoms with Gasteiger partial charge in [0, 0.05) is 31.4 Å². The molecule has 0 heterocycles. The summed E-state index contributed by atoms with van der Waals surface area (Å²) in [5.74, 6) is -2.98. The molecule has 1 rings (SSSR count). The fourth-order valence-corrected chi connectivity index (χ4v) is 5.05. The predicted octanol–water partition coefficient (Wildman–Crippen LogP) is 4.47. The van der Waals surface area contributed by atoms with Crippen LogP contribution in [0.4, 0.5) is 13.2 Å². The van der Waals surface area contributed by atoms with Crippen LogP contribution in [0.1, 0.15) is 39.7 Å². The highest BCUT2D eigenvalue weighted by Crippen LogP contribution is 2.23. The highest BCUT2D eigenvalue weighted by molar-refractivity contribution is 6.60. The molecule has 0 fully saturated rings. The van der Waals surface area contributed by atoms with Crippen LogP contribution in [0.2, 0.25) is 6.04 Å². The molecule has 0 aliphatic rings. The maximum absolute atomic E-state index is 13.7. The Morgan fingerprint density at radius 2 is 1.43 bits per heavy atom. The molecule has 7 heteroatoms. The average Bonchev–Trinajstić information content (AvgIpc) is 2.42.